The number of nitrogens with one attached hydrogen (secondary N) is 1. The van der Waals surface area contributed by atoms with Crippen molar-refractivity contribution < 1.29 is 26.8 Å². The number of benzene rings is 1. The number of aromatic hydroxyl groups is 1. The average molecular weight is 320 g/mol. The van der Waals surface area contributed by atoms with Crippen molar-refractivity contribution in [1.29, 1.82) is 0 Å². The van der Waals surface area contributed by atoms with Crippen LogP contribution in [0.2, 0.25) is 0 Å². The van der Waals surface area contributed by atoms with Crippen LogP contribution in [0.25, 0.3) is 0 Å². The summed E-state index contributed by atoms with van der Waals surface area (Å²) in [5.41, 5.74) is -1.19. The van der Waals surface area contributed by atoms with E-state index in [2.05, 4.69) is 5.32 Å². The second-order valence-corrected chi connectivity index (χ2v) is 6.53. The molecule has 18 heavy (non-hydrogen) atoms. The topological polar surface area (TPSA) is 150 Å². The summed E-state index contributed by atoms with van der Waals surface area (Å²) < 4.78 is 28.2. The third-order valence-electron chi connectivity index (χ3n) is 1.93. The number of nitrogens with zero attached hydrogens (tertiary/aromatic N) is 1. The molecule has 1 aromatic rings. The fourth-order valence-corrected chi connectivity index (χ4v) is 3.08. The summed E-state index contributed by atoms with van der Waals surface area (Å²) in [6, 6.07) is 1.80. The van der Waals surface area contributed by atoms with Crippen molar-refractivity contribution >= 4 is 35.8 Å². The fraction of sp³-hybridized carbons (Fsp3) is 0.125. The maximum absolute atomic E-state index is 11.2. The Morgan fingerprint density at radius 2 is 2.00 bits per heavy atom. The van der Waals surface area contributed by atoms with Crippen molar-refractivity contribution in [1.82, 2.24) is 0 Å². The molecule has 0 fully saturated rings. The Bertz CT molecular complexity index is 565. The number of hydrogen-bond donors (Lipinski definition) is 4. The van der Waals surface area contributed by atoms with Crippen LogP contribution < -0.4 is 9.67 Å². The van der Waals surface area contributed by atoms with Crippen molar-refractivity contribution in [2.45, 2.75) is 6.92 Å². The molecule has 9 nitrogen and oxygen atoms in total. The third-order valence-corrected chi connectivity index (χ3v) is 4.08. The van der Waals surface area contributed by atoms with Gasteiger partial charge in [0.1, 0.15) is 0 Å². The van der Waals surface area contributed by atoms with E-state index in [1.165, 1.54) is 0 Å². The number of anilines is 1. The molecule has 4 N–H and O–H groups in total. The number of carbonyl (C=O) groups is 1. The molecule has 0 aromatic heterocycles. The molecule has 0 bridgehead atoms. The quantitative estimate of drug-likeness (QED) is 0.237. The number of phenolic OH excluding ortho intramolecular Hbond substituents is 1. The van der Waals surface area contributed by atoms with Crippen molar-refractivity contribution in [3.05, 3.63) is 22.2 Å². The molecule has 10 heteroatoms. The number of amides is 1. The number of carbonyl (C=O) groups excluding carboxylic acids is 1. The molecule has 1 amide bonds. The van der Waals surface area contributed by atoms with E-state index in [0.717, 1.165) is 19.1 Å². The van der Waals surface area contributed by atoms with Crippen LogP contribution in [0, 0.1) is 10.1 Å². The van der Waals surface area contributed by atoms with Crippen molar-refractivity contribution in [2.24, 2.45) is 0 Å². The van der Waals surface area contributed by atoms with Crippen LogP contribution in [-0.4, -0.2) is 38.3 Å². The average Bonchev–Trinajstić information content (AvgIpc) is 2.17. The molecule has 98 valence electrons. The van der Waals surface area contributed by atoms with Gasteiger partial charge in [-0.2, -0.15) is 0 Å². The van der Waals surface area contributed by atoms with Gasteiger partial charge >= 0.3 is 103 Å². The van der Waals surface area contributed by atoms with Gasteiger partial charge in [0.15, 0.2) is 0 Å². The van der Waals surface area contributed by atoms with Crippen molar-refractivity contribution in [3.8, 4) is 5.75 Å². The summed E-state index contributed by atoms with van der Waals surface area (Å²) >= 11 is -5.72. The van der Waals surface area contributed by atoms with Gasteiger partial charge in [0.2, 0.25) is 0 Å². The van der Waals surface area contributed by atoms with E-state index in [9.17, 15) is 23.8 Å². The SMILES string of the molecule is CC(=O)Nc1ccc([N+](=O)[O-])c([As](=O)(O)O)c1O. The molecule has 0 aliphatic rings. The Labute approximate surface area is 103 Å². The number of phenols is 1. The second kappa shape index (κ2) is 4.81. The predicted molar refractivity (Wildman–Crippen MR) is 59.6 cm³/mol. The van der Waals surface area contributed by atoms with Gasteiger partial charge in [-0.1, -0.05) is 0 Å². The zero-order valence-electron chi connectivity index (χ0n) is 9.02. The van der Waals surface area contributed by atoms with E-state index in [1.807, 2.05) is 0 Å². The van der Waals surface area contributed by atoms with Gasteiger partial charge < -0.3 is 0 Å². The molecular weight excluding hydrogens is 311 g/mol. The molecule has 0 unspecified atom stereocenters. The van der Waals surface area contributed by atoms with Crippen LogP contribution >= 0.6 is 0 Å². The number of nitro benzene ring substituents is 1. The Morgan fingerprint density at radius 1 is 1.44 bits per heavy atom. The molecule has 0 radical (unpaired) electrons. The first-order valence-electron chi connectivity index (χ1n) is 4.48. The van der Waals surface area contributed by atoms with Crippen LogP contribution in [0.15, 0.2) is 12.1 Å². The maximum atomic E-state index is 11.2. The normalized spacial score (nSPS) is 11.1. The summed E-state index contributed by atoms with van der Waals surface area (Å²) in [4.78, 5) is 20.4. The summed E-state index contributed by atoms with van der Waals surface area (Å²) in [5, 5.41) is 22.3. The van der Waals surface area contributed by atoms with Gasteiger partial charge in [-0.15, -0.1) is 0 Å². The van der Waals surface area contributed by atoms with Crippen LogP contribution in [-0.2, 0) is 8.53 Å². The van der Waals surface area contributed by atoms with Gasteiger partial charge in [0, 0.05) is 0 Å². The van der Waals surface area contributed by atoms with E-state index < -0.39 is 40.8 Å². The van der Waals surface area contributed by atoms with Crippen LogP contribution in [0.5, 0.6) is 5.75 Å². The first-order chi connectivity index (χ1) is 8.14. The minimum atomic E-state index is -5.72. The summed E-state index contributed by atoms with van der Waals surface area (Å²) in [6.45, 7) is 1.11. The standard InChI is InChI=1S/C8H9AsN2O7/c1-4(12)10-5-2-3-6(11(17)18)7(8(5)13)9(14,15)16/h2-3,13H,1H3,(H,10,12)(H2,14,15,16). The van der Waals surface area contributed by atoms with Gasteiger partial charge in [-0.3, -0.25) is 0 Å². The van der Waals surface area contributed by atoms with Gasteiger partial charge in [0.05, 0.1) is 0 Å². The van der Waals surface area contributed by atoms with Crippen molar-refractivity contribution in [3.63, 3.8) is 0 Å². The minimum absolute atomic E-state index is 0.298. The molecule has 0 saturated carbocycles. The van der Waals surface area contributed by atoms with E-state index in [0.29, 0.717) is 0 Å². The first kappa shape index (κ1) is 14.2. The van der Waals surface area contributed by atoms with Crippen LogP contribution in [0.3, 0.4) is 0 Å². The summed E-state index contributed by atoms with van der Waals surface area (Å²) in [7, 11) is 0. The molecule has 0 spiro atoms. The fourth-order valence-electron chi connectivity index (χ4n) is 1.29. The van der Waals surface area contributed by atoms with E-state index in [-0.39, 0.29) is 5.69 Å². The van der Waals surface area contributed by atoms with Crippen LogP contribution in [0.1, 0.15) is 6.92 Å². The molecule has 0 atom stereocenters. The predicted octanol–water partition coefficient (Wildman–Crippen LogP) is -1.18. The summed E-state index contributed by atoms with van der Waals surface area (Å²) in [5.74, 6) is -1.59. The number of rotatable bonds is 3. The Hall–Kier alpha value is -1.83. The Balaban J connectivity index is 3.55. The molecule has 1 rings (SSSR count). The second-order valence-electron chi connectivity index (χ2n) is 3.31. The molecule has 0 saturated heterocycles. The molecule has 0 aliphatic carbocycles. The first-order valence-corrected chi connectivity index (χ1v) is 7.87. The molecule has 1 aromatic carbocycles. The Morgan fingerprint density at radius 3 is 2.39 bits per heavy atom. The zero-order valence-corrected chi connectivity index (χ0v) is 10.9. The number of nitro groups is 1. The third kappa shape index (κ3) is 2.89. The van der Waals surface area contributed by atoms with E-state index >= 15 is 0 Å². The summed E-state index contributed by atoms with van der Waals surface area (Å²) in [6.07, 6.45) is 0. The van der Waals surface area contributed by atoms with Gasteiger partial charge in [-0.05, 0) is 0 Å². The zero-order chi connectivity index (χ0) is 14.1. The van der Waals surface area contributed by atoms with E-state index in [4.69, 9.17) is 8.19 Å². The van der Waals surface area contributed by atoms with Crippen molar-refractivity contribution in [2.75, 3.05) is 5.32 Å². The molecular formula is C8H9AsN2O7. The monoisotopic (exact) mass is 320 g/mol. The van der Waals surface area contributed by atoms with Gasteiger partial charge in [-0.25, -0.2) is 0 Å². The van der Waals surface area contributed by atoms with E-state index in [1.54, 1.807) is 0 Å². The van der Waals surface area contributed by atoms with Crippen LogP contribution in [0.4, 0.5) is 11.4 Å². The number of hydrogen-bond acceptors (Lipinski definition) is 5. The van der Waals surface area contributed by atoms with Gasteiger partial charge in [0.25, 0.3) is 0 Å². The Kier molecular flexibility index (Phi) is 3.80. The molecule has 0 aliphatic heterocycles. The molecule has 0 heterocycles.